The topological polar surface area (TPSA) is 52.7 Å². The highest BCUT2D eigenvalue weighted by Gasteiger charge is 2.42. The third-order valence-electron chi connectivity index (χ3n) is 6.85. The van der Waals surface area contributed by atoms with E-state index in [4.69, 9.17) is 0 Å². The minimum Gasteiger partial charge on any atom is -0.354 e. The highest BCUT2D eigenvalue weighted by molar-refractivity contribution is 7.99. The molecule has 2 fully saturated rings. The van der Waals surface area contributed by atoms with Crippen molar-refractivity contribution in [2.45, 2.75) is 57.0 Å². The number of aryl methyl sites for hydroxylation is 1. The second-order valence-electron chi connectivity index (χ2n) is 9.36. The average molecular weight is 484 g/mol. The van der Waals surface area contributed by atoms with Crippen molar-refractivity contribution < 1.29 is 14.0 Å². The number of halogens is 1. The van der Waals surface area contributed by atoms with Gasteiger partial charge in [0.25, 0.3) is 5.91 Å². The lowest BCUT2D eigenvalue weighted by Crippen LogP contribution is -2.48. The fraction of sp³-hybridized carbons (Fsp3) is 0.481. The highest BCUT2D eigenvalue weighted by Crippen LogP contribution is 2.42. The van der Waals surface area contributed by atoms with Crippen LogP contribution in [0, 0.1) is 12.7 Å². The Bertz CT molecular complexity index is 982. The second kappa shape index (κ2) is 11.4. The smallest absolute Gasteiger partial charge is 0.255 e. The van der Waals surface area contributed by atoms with Crippen LogP contribution in [0.15, 0.2) is 48.5 Å². The van der Waals surface area contributed by atoms with Crippen LogP contribution in [0.1, 0.15) is 59.5 Å². The van der Waals surface area contributed by atoms with Crippen molar-refractivity contribution in [3.05, 3.63) is 71.0 Å². The molecule has 0 aromatic heterocycles. The standard InChI is InChI=1S/C27H34FN3O2S/c1-19-7-9-21(10-8-19)26(33)31-24(18-34-27(31)22-11-13-23(28)14-12-22)25(32)29-15-5-17-30-16-4-3-6-20(30)2/h7-14,20,24,27H,3-6,15-18H2,1-2H3,(H,29,32). The third-order valence-corrected chi connectivity index (χ3v) is 8.18. The van der Waals surface area contributed by atoms with Crippen LogP contribution in [-0.4, -0.2) is 59.1 Å². The molecule has 7 heteroatoms. The van der Waals surface area contributed by atoms with E-state index in [2.05, 4.69) is 17.1 Å². The van der Waals surface area contributed by atoms with Crippen molar-refractivity contribution in [3.63, 3.8) is 0 Å². The van der Waals surface area contributed by atoms with Crippen molar-refractivity contribution in [2.24, 2.45) is 0 Å². The molecule has 2 amide bonds. The van der Waals surface area contributed by atoms with Crippen molar-refractivity contribution in [1.82, 2.24) is 15.1 Å². The summed E-state index contributed by atoms with van der Waals surface area (Å²) in [7, 11) is 0. The van der Waals surface area contributed by atoms with Gasteiger partial charge in [0.15, 0.2) is 0 Å². The lowest BCUT2D eigenvalue weighted by atomic mass is 10.0. The maximum Gasteiger partial charge on any atom is 0.255 e. The number of nitrogens with one attached hydrogen (secondary N) is 1. The van der Waals surface area contributed by atoms with E-state index in [1.165, 1.54) is 31.4 Å². The molecule has 5 nitrogen and oxygen atoms in total. The Morgan fingerprint density at radius 1 is 1.09 bits per heavy atom. The summed E-state index contributed by atoms with van der Waals surface area (Å²) in [5, 5.41) is 2.74. The lowest BCUT2D eigenvalue weighted by molar-refractivity contribution is -0.124. The van der Waals surface area contributed by atoms with E-state index >= 15 is 0 Å². The molecule has 34 heavy (non-hydrogen) atoms. The van der Waals surface area contributed by atoms with Gasteiger partial charge in [-0.3, -0.25) is 9.59 Å². The molecule has 3 unspecified atom stereocenters. The molecule has 0 bridgehead atoms. The lowest BCUT2D eigenvalue weighted by Gasteiger charge is -2.33. The Morgan fingerprint density at radius 2 is 1.82 bits per heavy atom. The number of amides is 2. The van der Waals surface area contributed by atoms with Crippen LogP contribution in [-0.2, 0) is 4.79 Å². The van der Waals surface area contributed by atoms with Gasteiger partial charge >= 0.3 is 0 Å². The molecular formula is C27H34FN3O2S. The van der Waals surface area contributed by atoms with Gasteiger partial charge in [-0.2, -0.15) is 0 Å². The quantitative estimate of drug-likeness (QED) is 0.577. The molecule has 1 N–H and O–H groups in total. The Morgan fingerprint density at radius 3 is 2.53 bits per heavy atom. The van der Waals surface area contributed by atoms with Crippen molar-refractivity contribution in [3.8, 4) is 0 Å². The minimum atomic E-state index is -0.567. The van der Waals surface area contributed by atoms with E-state index in [9.17, 15) is 14.0 Å². The van der Waals surface area contributed by atoms with E-state index in [-0.39, 0.29) is 23.0 Å². The first-order valence-electron chi connectivity index (χ1n) is 12.2. The van der Waals surface area contributed by atoms with Gasteiger partial charge < -0.3 is 15.1 Å². The van der Waals surface area contributed by atoms with Crippen molar-refractivity contribution >= 4 is 23.6 Å². The van der Waals surface area contributed by atoms with Gasteiger partial charge in [0.2, 0.25) is 5.91 Å². The molecule has 2 aliphatic heterocycles. The molecule has 182 valence electrons. The van der Waals surface area contributed by atoms with Crippen LogP contribution in [0.2, 0.25) is 0 Å². The molecule has 0 spiro atoms. The fourth-order valence-corrected chi connectivity index (χ4v) is 6.22. The first kappa shape index (κ1) is 24.7. The molecule has 2 aliphatic rings. The summed E-state index contributed by atoms with van der Waals surface area (Å²) in [4.78, 5) is 30.9. The van der Waals surface area contributed by atoms with Gasteiger partial charge in [0, 0.05) is 30.4 Å². The number of hydrogen-bond acceptors (Lipinski definition) is 4. The molecule has 0 aliphatic carbocycles. The van der Waals surface area contributed by atoms with Crippen LogP contribution in [0.3, 0.4) is 0 Å². The maximum absolute atomic E-state index is 13.5. The maximum atomic E-state index is 13.5. The van der Waals surface area contributed by atoms with Gasteiger partial charge in [0.05, 0.1) is 0 Å². The second-order valence-corrected chi connectivity index (χ2v) is 10.5. The van der Waals surface area contributed by atoms with Crippen LogP contribution < -0.4 is 5.32 Å². The van der Waals surface area contributed by atoms with Gasteiger partial charge in [-0.15, -0.1) is 11.8 Å². The number of benzene rings is 2. The molecule has 2 saturated heterocycles. The molecule has 0 saturated carbocycles. The molecule has 3 atom stereocenters. The summed E-state index contributed by atoms with van der Waals surface area (Å²) in [6.45, 7) is 6.95. The Balaban J connectivity index is 1.44. The Kier molecular flexibility index (Phi) is 8.27. The number of nitrogens with zero attached hydrogens (tertiary/aromatic N) is 2. The number of thioether (sulfide) groups is 1. The van der Waals surface area contributed by atoms with E-state index in [1.54, 1.807) is 40.9 Å². The normalized spacial score (nSPS) is 23.1. The van der Waals surface area contributed by atoms with Gasteiger partial charge in [-0.05, 0) is 69.5 Å². The zero-order valence-electron chi connectivity index (χ0n) is 20.0. The number of rotatable bonds is 7. The number of likely N-dealkylation sites (tertiary alicyclic amines) is 1. The summed E-state index contributed by atoms with van der Waals surface area (Å²) in [5.41, 5.74) is 2.44. The summed E-state index contributed by atoms with van der Waals surface area (Å²) in [5.74, 6) is -0.111. The Hall–Kier alpha value is -2.38. The molecule has 0 radical (unpaired) electrons. The largest absolute Gasteiger partial charge is 0.354 e. The minimum absolute atomic E-state index is 0.121. The van der Waals surface area contributed by atoms with Gasteiger partial charge in [0.1, 0.15) is 17.2 Å². The SMILES string of the molecule is Cc1ccc(C(=O)N2C(C(=O)NCCCN3CCCCC3C)CSC2c2ccc(F)cc2)cc1. The predicted octanol–water partition coefficient (Wildman–Crippen LogP) is 4.77. The summed E-state index contributed by atoms with van der Waals surface area (Å²) < 4.78 is 13.5. The number of carbonyl (C=O) groups excluding carboxylic acids is 2. The van der Waals surface area contributed by atoms with E-state index in [0.717, 1.165) is 30.6 Å². The molecule has 2 heterocycles. The number of hydrogen-bond donors (Lipinski definition) is 1. The Labute approximate surface area is 206 Å². The average Bonchev–Trinajstić information content (AvgIpc) is 3.28. The molecule has 4 rings (SSSR count). The van der Waals surface area contributed by atoms with Crippen LogP contribution in [0.4, 0.5) is 4.39 Å². The van der Waals surface area contributed by atoms with Crippen molar-refractivity contribution in [2.75, 3.05) is 25.4 Å². The van der Waals surface area contributed by atoms with E-state index in [0.29, 0.717) is 23.9 Å². The monoisotopic (exact) mass is 483 g/mol. The fourth-order valence-electron chi connectivity index (χ4n) is 4.79. The van der Waals surface area contributed by atoms with Gasteiger partial charge in [-0.25, -0.2) is 4.39 Å². The summed E-state index contributed by atoms with van der Waals surface area (Å²) in [6, 6.07) is 13.6. The van der Waals surface area contributed by atoms with Crippen LogP contribution in [0.5, 0.6) is 0 Å². The molecule has 2 aromatic rings. The van der Waals surface area contributed by atoms with Crippen molar-refractivity contribution in [1.29, 1.82) is 0 Å². The first-order valence-corrected chi connectivity index (χ1v) is 13.3. The molecular weight excluding hydrogens is 449 g/mol. The first-order chi connectivity index (χ1) is 16.4. The van der Waals surface area contributed by atoms with E-state index < -0.39 is 6.04 Å². The van der Waals surface area contributed by atoms with Crippen LogP contribution >= 0.6 is 11.8 Å². The zero-order valence-corrected chi connectivity index (χ0v) is 20.8. The number of carbonyl (C=O) groups is 2. The highest BCUT2D eigenvalue weighted by atomic mass is 32.2. The third kappa shape index (κ3) is 5.81. The zero-order chi connectivity index (χ0) is 24.1. The van der Waals surface area contributed by atoms with Gasteiger partial charge in [-0.1, -0.05) is 36.2 Å². The van der Waals surface area contributed by atoms with E-state index in [1.807, 2.05) is 19.1 Å². The van der Waals surface area contributed by atoms with Crippen LogP contribution in [0.25, 0.3) is 0 Å². The number of piperidine rings is 1. The molecule has 2 aromatic carbocycles. The predicted molar refractivity (Wildman–Crippen MR) is 135 cm³/mol. The summed E-state index contributed by atoms with van der Waals surface area (Å²) in [6.07, 6.45) is 4.68. The summed E-state index contributed by atoms with van der Waals surface area (Å²) >= 11 is 1.55.